The first-order valence-electron chi connectivity index (χ1n) is 10.8. The van der Waals surface area contributed by atoms with Gasteiger partial charge in [-0.15, -0.1) is 0 Å². The molecule has 1 fully saturated rings. The number of benzene rings is 1. The van der Waals surface area contributed by atoms with Crippen LogP contribution in [-0.4, -0.2) is 51.1 Å². The molecule has 1 saturated carbocycles. The summed E-state index contributed by atoms with van der Waals surface area (Å²) >= 11 is 6.22. The van der Waals surface area contributed by atoms with Gasteiger partial charge >= 0.3 is 0 Å². The second-order valence-corrected chi connectivity index (χ2v) is 8.88. The van der Waals surface area contributed by atoms with E-state index in [4.69, 9.17) is 11.6 Å². The van der Waals surface area contributed by atoms with Crippen LogP contribution in [0.1, 0.15) is 37.7 Å². The minimum atomic E-state index is -0.207. The van der Waals surface area contributed by atoms with Crippen molar-refractivity contribution in [2.24, 2.45) is 5.92 Å². The van der Waals surface area contributed by atoms with Crippen LogP contribution in [0.25, 0.3) is 11.0 Å². The fourth-order valence-electron chi connectivity index (χ4n) is 4.97. The Hall–Kier alpha value is -3.20. The maximum atomic E-state index is 12.8. The van der Waals surface area contributed by atoms with Gasteiger partial charge in [0, 0.05) is 43.0 Å². The van der Waals surface area contributed by atoms with Crippen LogP contribution in [0.5, 0.6) is 0 Å². The highest BCUT2D eigenvalue weighted by molar-refractivity contribution is 6.31. The van der Waals surface area contributed by atoms with Crippen molar-refractivity contribution in [3.8, 4) is 0 Å². The fraction of sp³-hybridized carbons (Fsp3) is 0.409. The molecule has 2 aliphatic rings. The highest BCUT2D eigenvalue weighted by Gasteiger charge is 2.42. The van der Waals surface area contributed by atoms with E-state index in [-0.39, 0.29) is 29.7 Å². The number of amides is 2. The number of anilines is 2. The molecule has 0 saturated heterocycles. The van der Waals surface area contributed by atoms with E-state index < -0.39 is 0 Å². The van der Waals surface area contributed by atoms with Crippen LogP contribution < -0.4 is 15.5 Å². The third-order valence-electron chi connectivity index (χ3n) is 6.41. The Kier molecular flexibility index (Phi) is 5.42. The van der Waals surface area contributed by atoms with Gasteiger partial charge in [0.25, 0.3) is 0 Å². The molecule has 1 aliphatic heterocycles. The molecule has 2 amide bonds. The van der Waals surface area contributed by atoms with Gasteiger partial charge in [0.2, 0.25) is 17.8 Å². The molecular formula is C22H24ClN7O2. The first-order chi connectivity index (χ1) is 15.5. The van der Waals surface area contributed by atoms with Gasteiger partial charge in [-0.25, -0.2) is 4.98 Å². The molecule has 2 aromatic heterocycles. The smallest absolute Gasteiger partial charge is 0.232 e. The summed E-state index contributed by atoms with van der Waals surface area (Å²) in [5, 5.41) is 14.3. The number of nitrogens with zero attached hydrogens (tertiary/aromatic N) is 4. The fourth-order valence-corrected chi connectivity index (χ4v) is 5.15. The zero-order chi connectivity index (χ0) is 22.2. The molecule has 0 radical (unpaired) electrons. The van der Waals surface area contributed by atoms with Gasteiger partial charge in [0.15, 0.2) is 5.65 Å². The average molecular weight is 454 g/mol. The SMILES string of the molecule is CC(=O)NCCN(c1ncc2cn[nH]c2n1)C1CCC(C2C(=O)Nc3ccc(Cl)cc32)C1. The topological polar surface area (TPSA) is 116 Å². The van der Waals surface area contributed by atoms with E-state index in [9.17, 15) is 9.59 Å². The lowest BCUT2D eigenvalue weighted by Gasteiger charge is -2.29. The Balaban J connectivity index is 1.39. The lowest BCUT2D eigenvalue weighted by Crippen LogP contribution is -2.41. The highest BCUT2D eigenvalue weighted by atomic mass is 35.5. The van der Waals surface area contributed by atoms with E-state index in [0.717, 1.165) is 35.9 Å². The number of rotatable bonds is 6. The monoisotopic (exact) mass is 453 g/mol. The predicted molar refractivity (Wildman–Crippen MR) is 122 cm³/mol. The summed E-state index contributed by atoms with van der Waals surface area (Å²) in [7, 11) is 0. The molecule has 1 aromatic carbocycles. The van der Waals surface area contributed by atoms with Crippen LogP contribution in [0.2, 0.25) is 5.02 Å². The Morgan fingerprint density at radius 1 is 1.31 bits per heavy atom. The van der Waals surface area contributed by atoms with E-state index in [1.807, 2.05) is 12.1 Å². The zero-order valence-electron chi connectivity index (χ0n) is 17.6. The number of aromatic amines is 1. The lowest BCUT2D eigenvalue weighted by molar-refractivity contribution is -0.119. The molecule has 5 rings (SSSR count). The first kappa shape index (κ1) is 20.7. The van der Waals surface area contributed by atoms with Gasteiger partial charge < -0.3 is 15.5 Å². The number of carbonyl (C=O) groups excluding carboxylic acids is 2. The summed E-state index contributed by atoms with van der Waals surface area (Å²) in [5.41, 5.74) is 2.50. The Morgan fingerprint density at radius 2 is 2.19 bits per heavy atom. The summed E-state index contributed by atoms with van der Waals surface area (Å²) in [6, 6.07) is 5.73. The van der Waals surface area contributed by atoms with Gasteiger partial charge in [0.1, 0.15) is 0 Å². The van der Waals surface area contributed by atoms with E-state index in [0.29, 0.717) is 29.7 Å². The van der Waals surface area contributed by atoms with Crippen molar-refractivity contribution in [3.05, 3.63) is 41.2 Å². The highest BCUT2D eigenvalue weighted by Crippen LogP contribution is 2.46. The molecule has 3 unspecified atom stereocenters. The molecular weight excluding hydrogens is 430 g/mol. The number of halogens is 1. The molecule has 32 heavy (non-hydrogen) atoms. The summed E-state index contributed by atoms with van der Waals surface area (Å²) in [6.45, 7) is 2.57. The summed E-state index contributed by atoms with van der Waals surface area (Å²) in [4.78, 5) is 35.5. The van der Waals surface area contributed by atoms with Crippen LogP contribution in [0.15, 0.2) is 30.6 Å². The van der Waals surface area contributed by atoms with Crippen LogP contribution >= 0.6 is 11.6 Å². The zero-order valence-corrected chi connectivity index (χ0v) is 18.4. The van der Waals surface area contributed by atoms with E-state index in [1.165, 1.54) is 6.92 Å². The average Bonchev–Trinajstić information content (AvgIpc) is 3.48. The van der Waals surface area contributed by atoms with Crippen molar-refractivity contribution in [2.45, 2.75) is 38.1 Å². The normalized spacial score (nSPS) is 22.1. The number of fused-ring (bicyclic) bond motifs is 2. The Bertz CT molecular complexity index is 1180. The Labute approximate surface area is 189 Å². The second kappa shape index (κ2) is 8.38. The minimum Gasteiger partial charge on any atom is -0.355 e. The number of aromatic nitrogens is 4. The molecule has 10 heteroatoms. The number of hydrogen-bond acceptors (Lipinski definition) is 6. The summed E-state index contributed by atoms with van der Waals surface area (Å²) in [6.07, 6.45) is 6.09. The van der Waals surface area contributed by atoms with Gasteiger partial charge in [-0.05, 0) is 48.9 Å². The van der Waals surface area contributed by atoms with Gasteiger partial charge in [-0.1, -0.05) is 11.6 Å². The van der Waals surface area contributed by atoms with Crippen molar-refractivity contribution in [1.82, 2.24) is 25.5 Å². The molecule has 166 valence electrons. The lowest BCUT2D eigenvalue weighted by atomic mass is 9.85. The van der Waals surface area contributed by atoms with Crippen LogP contribution in [0.4, 0.5) is 11.6 Å². The molecule has 3 heterocycles. The number of hydrogen-bond donors (Lipinski definition) is 3. The second-order valence-electron chi connectivity index (χ2n) is 8.45. The van der Waals surface area contributed by atoms with Gasteiger partial charge in [0.05, 0.1) is 17.5 Å². The van der Waals surface area contributed by atoms with Crippen LogP contribution in [0, 0.1) is 5.92 Å². The van der Waals surface area contributed by atoms with E-state index >= 15 is 0 Å². The Morgan fingerprint density at radius 3 is 3.03 bits per heavy atom. The van der Waals surface area contributed by atoms with Gasteiger partial charge in [-0.3, -0.25) is 14.7 Å². The molecule has 3 atom stereocenters. The summed E-state index contributed by atoms with van der Waals surface area (Å²) in [5.74, 6) is 0.543. The van der Waals surface area contributed by atoms with Crippen LogP contribution in [0.3, 0.4) is 0 Å². The van der Waals surface area contributed by atoms with E-state index in [2.05, 4.69) is 35.7 Å². The maximum Gasteiger partial charge on any atom is 0.232 e. The first-order valence-corrected chi connectivity index (χ1v) is 11.1. The van der Waals surface area contributed by atoms with Crippen molar-refractivity contribution in [2.75, 3.05) is 23.3 Å². The predicted octanol–water partition coefficient (Wildman–Crippen LogP) is 2.85. The van der Waals surface area contributed by atoms with Crippen LogP contribution in [-0.2, 0) is 9.59 Å². The third-order valence-corrected chi connectivity index (χ3v) is 6.64. The minimum absolute atomic E-state index is 0.0350. The quantitative estimate of drug-likeness (QED) is 0.528. The molecule has 0 bridgehead atoms. The molecule has 3 N–H and O–H groups in total. The van der Waals surface area contributed by atoms with Gasteiger partial charge in [-0.2, -0.15) is 10.1 Å². The van der Waals surface area contributed by atoms with Crippen molar-refractivity contribution < 1.29 is 9.59 Å². The largest absolute Gasteiger partial charge is 0.355 e. The van der Waals surface area contributed by atoms with Crippen molar-refractivity contribution >= 4 is 46.1 Å². The van der Waals surface area contributed by atoms with E-state index in [1.54, 1.807) is 18.5 Å². The third kappa shape index (κ3) is 3.88. The number of carbonyl (C=O) groups is 2. The summed E-state index contributed by atoms with van der Waals surface area (Å²) < 4.78 is 0. The molecule has 0 spiro atoms. The number of H-pyrrole nitrogens is 1. The van der Waals surface area contributed by atoms with Crippen molar-refractivity contribution in [1.29, 1.82) is 0 Å². The van der Waals surface area contributed by atoms with Crippen molar-refractivity contribution in [3.63, 3.8) is 0 Å². The molecule has 9 nitrogen and oxygen atoms in total. The molecule has 1 aliphatic carbocycles. The standard InChI is InChI=1S/C22H24ClN7O2/c1-12(31)24-6-7-30(22-25-10-14-11-26-29-20(14)28-22)16-4-2-13(8-16)19-17-9-15(23)3-5-18(17)27-21(19)32/h3,5,9-11,13,16,19H,2,4,6-8H2,1H3,(H,24,31)(H,27,32)(H,25,26,28,29). The number of nitrogens with one attached hydrogen (secondary N) is 3. The molecule has 3 aromatic rings. The maximum absolute atomic E-state index is 12.8.